The van der Waals surface area contributed by atoms with E-state index in [4.69, 9.17) is 4.74 Å². The lowest BCUT2D eigenvalue weighted by Crippen LogP contribution is -2.46. The van der Waals surface area contributed by atoms with Crippen LogP contribution in [0.25, 0.3) is 33.1 Å². The highest BCUT2D eigenvalue weighted by Crippen LogP contribution is 2.34. The lowest BCUT2D eigenvalue weighted by atomic mass is 9.90. The van der Waals surface area contributed by atoms with E-state index in [0.717, 1.165) is 78.0 Å². The molecule has 0 spiro atoms. The largest absolute Gasteiger partial charge is 0.506 e. The van der Waals surface area contributed by atoms with Crippen LogP contribution in [0.2, 0.25) is 0 Å². The first kappa shape index (κ1) is 20.4. The van der Waals surface area contributed by atoms with E-state index in [9.17, 15) is 5.11 Å². The van der Waals surface area contributed by atoms with Crippen LogP contribution in [0.4, 0.5) is 5.82 Å². The molecule has 1 saturated carbocycles. The summed E-state index contributed by atoms with van der Waals surface area (Å²) in [5.74, 6) is 1.04. The fourth-order valence-electron chi connectivity index (χ4n) is 5.32. The van der Waals surface area contributed by atoms with E-state index < -0.39 is 0 Å². The van der Waals surface area contributed by atoms with Crippen molar-refractivity contribution in [2.75, 3.05) is 31.6 Å². The smallest absolute Gasteiger partial charge is 0.143 e. The maximum absolute atomic E-state index is 9.84. The molecule has 1 aliphatic heterocycles. The minimum atomic E-state index is 0.157. The van der Waals surface area contributed by atoms with Crippen LogP contribution in [-0.2, 0) is 4.74 Å². The van der Waals surface area contributed by atoms with Crippen molar-refractivity contribution in [2.24, 2.45) is 0 Å². The van der Waals surface area contributed by atoms with Crippen molar-refractivity contribution < 1.29 is 9.84 Å². The number of pyridine rings is 1. The number of aromatic amines is 1. The molecule has 3 aromatic heterocycles. The molecule has 0 radical (unpaired) electrons. The Kier molecular flexibility index (Phi) is 5.32. The van der Waals surface area contributed by atoms with Gasteiger partial charge in [0, 0.05) is 47.8 Å². The number of benzene rings is 1. The Hall–Kier alpha value is -3.23. The third-order valence-electron chi connectivity index (χ3n) is 7.05. The molecule has 0 atom stereocenters. The van der Waals surface area contributed by atoms with Crippen LogP contribution >= 0.6 is 0 Å². The minimum absolute atomic E-state index is 0.157. The summed E-state index contributed by atoms with van der Waals surface area (Å²) in [6, 6.07) is 9.00. The second-order valence-corrected chi connectivity index (χ2v) is 9.06. The van der Waals surface area contributed by atoms with E-state index in [1.807, 2.05) is 12.1 Å². The normalized spacial score (nSPS) is 22.1. The van der Waals surface area contributed by atoms with E-state index >= 15 is 0 Å². The highest BCUT2D eigenvalue weighted by Gasteiger charge is 2.27. The SMILES string of the molecule is Oc1cncc(-c2ccc3[nH]c4ncnc(N[C@H]5CC[C@H](N6CCOCC6)CC5)c4c3c2)c1. The molecule has 6 rings (SSSR count). The van der Waals surface area contributed by atoms with Gasteiger partial charge in [-0.15, -0.1) is 0 Å². The average molecular weight is 445 g/mol. The number of anilines is 1. The van der Waals surface area contributed by atoms with Gasteiger partial charge < -0.3 is 20.1 Å². The molecule has 33 heavy (non-hydrogen) atoms. The zero-order chi connectivity index (χ0) is 22.2. The predicted molar refractivity (Wildman–Crippen MR) is 128 cm³/mol. The van der Waals surface area contributed by atoms with Crippen molar-refractivity contribution in [3.8, 4) is 16.9 Å². The number of aromatic nitrogens is 4. The molecule has 2 aliphatic rings. The number of nitrogens with one attached hydrogen (secondary N) is 2. The molecule has 4 aromatic rings. The third-order valence-corrected chi connectivity index (χ3v) is 7.05. The van der Waals surface area contributed by atoms with Gasteiger partial charge in [0.2, 0.25) is 0 Å². The molecule has 1 aliphatic carbocycles. The second kappa shape index (κ2) is 8.61. The van der Waals surface area contributed by atoms with Crippen molar-refractivity contribution in [3.05, 3.63) is 43.0 Å². The Balaban J connectivity index is 1.27. The Bertz CT molecular complexity index is 1270. The van der Waals surface area contributed by atoms with Crippen LogP contribution < -0.4 is 5.32 Å². The summed E-state index contributed by atoms with van der Waals surface area (Å²) >= 11 is 0. The van der Waals surface area contributed by atoms with Gasteiger partial charge in [0.05, 0.1) is 24.8 Å². The standard InChI is InChI=1S/C25H28N6O2/c32-20-11-17(13-26-14-20)16-1-6-22-21(12-16)23-24(27-15-28-25(23)30-22)29-18-2-4-19(5-3-18)31-7-9-33-10-8-31/h1,6,11-15,18-19,32H,2-5,7-10H2,(H2,27,28,29,30)/t18-,19-. The Morgan fingerprint density at radius 2 is 1.85 bits per heavy atom. The summed E-state index contributed by atoms with van der Waals surface area (Å²) in [7, 11) is 0. The Morgan fingerprint density at radius 1 is 1.00 bits per heavy atom. The van der Waals surface area contributed by atoms with Gasteiger partial charge in [-0.3, -0.25) is 9.88 Å². The van der Waals surface area contributed by atoms with Crippen LogP contribution in [0, 0.1) is 0 Å². The number of nitrogens with zero attached hydrogens (tertiary/aromatic N) is 4. The minimum Gasteiger partial charge on any atom is -0.506 e. The number of hydrogen-bond donors (Lipinski definition) is 3. The maximum atomic E-state index is 9.84. The highest BCUT2D eigenvalue weighted by molar-refractivity contribution is 6.12. The van der Waals surface area contributed by atoms with Crippen molar-refractivity contribution in [1.82, 2.24) is 24.8 Å². The van der Waals surface area contributed by atoms with E-state index in [0.29, 0.717) is 12.1 Å². The van der Waals surface area contributed by atoms with Gasteiger partial charge in [0.15, 0.2) is 0 Å². The zero-order valence-corrected chi connectivity index (χ0v) is 18.5. The molecule has 0 unspecified atom stereocenters. The van der Waals surface area contributed by atoms with E-state index in [-0.39, 0.29) is 5.75 Å². The van der Waals surface area contributed by atoms with Crippen molar-refractivity contribution in [2.45, 2.75) is 37.8 Å². The van der Waals surface area contributed by atoms with Crippen molar-refractivity contribution in [3.63, 3.8) is 0 Å². The third kappa shape index (κ3) is 4.00. The molecule has 1 aromatic carbocycles. The summed E-state index contributed by atoms with van der Waals surface area (Å²) in [6.45, 7) is 3.83. The van der Waals surface area contributed by atoms with Crippen molar-refractivity contribution in [1.29, 1.82) is 0 Å². The summed E-state index contributed by atoms with van der Waals surface area (Å²) < 4.78 is 5.51. The van der Waals surface area contributed by atoms with Crippen LogP contribution in [0.1, 0.15) is 25.7 Å². The van der Waals surface area contributed by atoms with Gasteiger partial charge in [-0.25, -0.2) is 9.97 Å². The molecule has 1 saturated heterocycles. The summed E-state index contributed by atoms with van der Waals surface area (Å²) in [6.07, 6.45) is 9.50. The van der Waals surface area contributed by atoms with Crippen LogP contribution in [0.15, 0.2) is 43.0 Å². The number of hydrogen-bond acceptors (Lipinski definition) is 7. The molecule has 4 heterocycles. The van der Waals surface area contributed by atoms with Gasteiger partial charge in [-0.05, 0) is 49.4 Å². The van der Waals surface area contributed by atoms with Crippen molar-refractivity contribution >= 4 is 27.8 Å². The first-order chi connectivity index (χ1) is 16.2. The molecule has 8 heteroatoms. The van der Waals surface area contributed by atoms with Gasteiger partial charge in [0.1, 0.15) is 23.5 Å². The first-order valence-electron chi connectivity index (χ1n) is 11.7. The van der Waals surface area contributed by atoms with E-state index in [1.165, 1.54) is 19.0 Å². The fourth-order valence-corrected chi connectivity index (χ4v) is 5.32. The summed E-state index contributed by atoms with van der Waals surface area (Å²) in [5, 5.41) is 15.6. The monoisotopic (exact) mass is 444 g/mol. The molecule has 8 nitrogen and oxygen atoms in total. The van der Waals surface area contributed by atoms with Gasteiger partial charge in [0.25, 0.3) is 0 Å². The summed E-state index contributed by atoms with van der Waals surface area (Å²) in [5.41, 5.74) is 3.71. The van der Waals surface area contributed by atoms with E-state index in [2.05, 4.69) is 36.2 Å². The lowest BCUT2D eigenvalue weighted by Gasteiger charge is -2.39. The average Bonchev–Trinajstić information content (AvgIpc) is 3.24. The Labute approximate surface area is 192 Å². The van der Waals surface area contributed by atoms with Crippen LogP contribution in [0.3, 0.4) is 0 Å². The number of fused-ring (bicyclic) bond motifs is 3. The number of H-pyrrole nitrogens is 1. The predicted octanol–water partition coefficient (Wildman–Crippen LogP) is 3.93. The second-order valence-electron chi connectivity index (χ2n) is 9.06. The number of rotatable bonds is 4. The first-order valence-corrected chi connectivity index (χ1v) is 11.7. The highest BCUT2D eigenvalue weighted by atomic mass is 16.5. The molecule has 170 valence electrons. The van der Waals surface area contributed by atoms with Crippen LogP contribution in [-0.4, -0.2) is 68.3 Å². The lowest BCUT2D eigenvalue weighted by molar-refractivity contribution is 0.00791. The van der Waals surface area contributed by atoms with Gasteiger partial charge in [-0.2, -0.15) is 0 Å². The fraction of sp³-hybridized carbons (Fsp3) is 0.400. The zero-order valence-electron chi connectivity index (χ0n) is 18.5. The quantitative estimate of drug-likeness (QED) is 0.439. The Morgan fingerprint density at radius 3 is 2.67 bits per heavy atom. The van der Waals surface area contributed by atoms with E-state index in [1.54, 1.807) is 18.6 Å². The number of aromatic hydroxyl groups is 1. The number of ether oxygens (including phenoxy) is 1. The maximum Gasteiger partial charge on any atom is 0.143 e. The molecular weight excluding hydrogens is 416 g/mol. The summed E-state index contributed by atoms with van der Waals surface area (Å²) in [4.78, 5) is 19.3. The topological polar surface area (TPSA) is 99.2 Å². The molecule has 0 amide bonds. The number of morpholine rings is 1. The molecule has 0 bridgehead atoms. The molecule has 2 fully saturated rings. The van der Waals surface area contributed by atoms with Gasteiger partial charge >= 0.3 is 0 Å². The molecule has 3 N–H and O–H groups in total. The van der Waals surface area contributed by atoms with Crippen LogP contribution in [0.5, 0.6) is 5.75 Å². The molecular formula is C25H28N6O2. The van der Waals surface area contributed by atoms with Gasteiger partial charge in [-0.1, -0.05) is 6.07 Å².